The lowest BCUT2D eigenvalue weighted by Gasteiger charge is -2.29. The van der Waals surface area contributed by atoms with E-state index < -0.39 is 11.9 Å². The van der Waals surface area contributed by atoms with Crippen LogP contribution in [0.25, 0.3) is 0 Å². The van der Waals surface area contributed by atoms with Crippen LogP contribution in [0.1, 0.15) is 15.9 Å². The van der Waals surface area contributed by atoms with Crippen LogP contribution in [-0.2, 0) is 9.59 Å². The fraction of sp³-hybridized carbons (Fsp3) is 0.167. The number of aryl methyl sites for hydroxylation is 1. The molecule has 3 rings (SSSR count). The fourth-order valence-electron chi connectivity index (χ4n) is 2.58. The van der Waals surface area contributed by atoms with Crippen LogP contribution in [0.3, 0.4) is 0 Å². The first kappa shape index (κ1) is 16.5. The standard InChI is InChI=1S/C18H16N2O5/c1-11-3-2-4-13(7-11)19-16(21)9-20-14-8-12(18(23)24)5-6-15(14)25-10-17(20)22/h2-8H,9-10H2,1H3,(H,19,21)(H,23,24). The van der Waals surface area contributed by atoms with E-state index in [0.717, 1.165) is 5.56 Å². The molecular formula is C18H16N2O5. The van der Waals surface area contributed by atoms with Gasteiger partial charge >= 0.3 is 5.97 Å². The Kier molecular flexibility index (Phi) is 4.38. The minimum Gasteiger partial charge on any atom is -0.482 e. The molecule has 0 aliphatic carbocycles. The predicted octanol–water partition coefficient (Wildman–Crippen LogP) is 2.06. The second-order valence-electron chi connectivity index (χ2n) is 5.67. The van der Waals surface area contributed by atoms with E-state index in [1.807, 2.05) is 25.1 Å². The van der Waals surface area contributed by atoms with Crippen LogP contribution >= 0.6 is 0 Å². The van der Waals surface area contributed by atoms with Crippen molar-refractivity contribution in [3.63, 3.8) is 0 Å². The SMILES string of the molecule is Cc1cccc(NC(=O)CN2C(=O)COc3ccc(C(=O)O)cc32)c1. The Balaban J connectivity index is 1.82. The van der Waals surface area contributed by atoms with Crippen LogP contribution in [0.5, 0.6) is 5.75 Å². The maximum atomic E-state index is 12.3. The van der Waals surface area contributed by atoms with Crippen molar-refractivity contribution < 1.29 is 24.2 Å². The molecule has 1 aliphatic rings. The van der Waals surface area contributed by atoms with Gasteiger partial charge < -0.3 is 15.2 Å². The lowest BCUT2D eigenvalue weighted by molar-refractivity contribution is -0.123. The molecule has 0 saturated heterocycles. The summed E-state index contributed by atoms with van der Waals surface area (Å²) in [4.78, 5) is 36.8. The number of nitrogens with one attached hydrogen (secondary N) is 1. The molecular weight excluding hydrogens is 324 g/mol. The topological polar surface area (TPSA) is 95.9 Å². The lowest BCUT2D eigenvalue weighted by atomic mass is 10.1. The van der Waals surface area contributed by atoms with Gasteiger partial charge in [-0.05, 0) is 42.8 Å². The second-order valence-corrected chi connectivity index (χ2v) is 5.67. The molecule has 2 amide bonds. The van der Waals surface area contributed by atoms with Gasteiger partial charge in [0.25, 0.3) is 5.91 Å². The number of benzene rings is 2. The Hall–Kier alpha value is -3.35. The first-order chi connectivity index (χ1) is 11.9. The Bertz CT molecular complexity index is 862. The third-order valence-electron chi connectivity index (χ3n) is 3.75. The number of aromatic carboxylic acids is 1. The van der Waals surface area contributed by atoms with E-state index in [1.165, 1.54) is 23.1 Å². The van der Waals surface area contributed by atoms with Crippen LogP contribution in [0, 0.1) is 6.92 Å². The number of hydrogen-bond donors (Lipinski definition) is 2. The largest absolute Gasteiger partial charge is 0.482 e. The molecule has 0 fully saturated rings. The summed E-state index contributed by atoms with van der Waals surface area (Å²) in [6, 6.07) is 11.5. The van der Waals surface area contributed by atoms with E-state index in [9.17, 15) is 14.4 Å². The first-order valence-electron chi connectivity index (χ1n) is 7.61. The van der Waals surface area contributed by atoms with E-state index >= 15 is 0 Å². The summed E-state index contributed by atoms with van der Waals surface area (Å²) < 4.78 is 5.30. The summed E-state index contributed by atoms with van der Waals surface area (Å²) in [7, 11) is 0. The predicted molar refractivity (Wildman–Crippen MR) is 91.1 cm³/mol. The molecule has 0 radical (unpaired) electrons. The molecule has 2 N–H and O–H groups in total. The van der Waals surface area contributed by atoms with Crippen molar-refractivity contribution in [1.29, 1.82) is 0 Å². The second kappa shape index (κ2) is 6.64. The van der Waals surface area contributed by atoms with E-state index in [-0.39, 0.29) is 30.3 Å². The summed E-state index contributed by atoms with van der Waals surface area (Å²) in [6.07, 6.45) is 0. The van der Waals surface area contributed by atoms with Gasteiger partial charge in [-0.2, -0.15) is 0 Å². The van der Waals surface area contributed by atoms with Gasteiger partial charge in [-0.15, -0.1) is 0 Å². The monoisotopic (exact) mass is 340 g/mol. The molecule has 7 heteroatoms. The number of carbonyl (C=O) groups excluding carboxylic acids is 2. The van der Waals surface area contributed by atoms with Crippen LogP contribution in [-0.4, -0.2) is 36.0 Å². The molecule has 2 aromatic rings. The summed E-state index contributed by atoms with van der Waals surface area (Å²) in [5, 5.41) is 11.8. The van der Waals surface area contributed by atoms with Crippen molar-refractivity contribution in [2.75, 3.05) is 23.4 Å². The Labute approximate surface area is 143 Å². The number of fused-ring (bicyclic) bond motifs is 1. The van der Waals surface area contributed by atoms with Gasteiger partial charge in [0, 0.05) is 5.69 Å². The molecule has 2 aromatic carbocycles. The van der Waals surface area contributed by atoms with Gasteiger partial charge in [0.05, 0.1) is 11.3 Å². The van der Waals surface area contributed by atoms with Crippen molar-refractivity contribution in [2.45, 2.75) is 6.92 Å². The minimum atomic E-state index is -1.12. The minimum absolute atomic E-state index is 0.0149. The highest BCUT2D eigenvalue weighted by molar-refractivity contribution is 6.05. The average Bonchev–Trinajstić information content (AvgIpc) is 2.57. The smallest absolute Gasteiger partial charge is 0.335 e. The number of ether oxygens (including phenoxy) is 1. The Morgan fingerprint density at radius 1 is 1.24 bits per heavy atom. The zero-order chi connectivity index (χ0) is 18.0. The van der Waals surface area contributed by atoms with E-state index in [2.05, 4.69) is 5.32 Å². The molecule has 1 aliphatic heterocycles. The highest BCUT2D eigenvalue weighted by Crippen LogP contribution is 2.33. The quantitative estimate of drug-likeness (QED) is 0.888. The number of carboxylic acids is 1. The number of amides is 2. The number of nitrogens with zero attached hydrogens (tertiary/aromatic N) is 1. The summed E-state index contributed by atoms with van der Waals surface area (Å²) in [6.45, 7) is 1.48. The van der Waals surface area contributed by atoms with E-state index in [1.54, 1.807) is 6.07 Å². The summed E-state index contributed by atoms with van der Waals surface area (Å²) in [5.41, 5.74) is 1.92. The van der Waals surface area contributed by atoms with Crippen LogP contribution in [0.2, 0.25) is 0 Å². The zero-order valence-corrected chi connectivity index (χ0v) is 13.5. The molecule has 1 heterocycles. The molecule has 0 aromatic heterocycles. The zero-order valence-electron chi connectivity index (χ0n) is 13.5. The van der Waals surface area contributed by atoms with E-state index in [4.69, 9.17) is 9.84 Å². The van der Waals surface area contributed by atoms with Crippen molar-refractivity contribution in [3.05, 3.63) is 53.6 Å². The van der Waals surface area contributed by atoms with E-state index in [0.29, 0.717) is 11.4 Å². The Morgan fingerprint density at radius 2 is 2.04 bits per heavy atom. The number of carbonyl (C=O) groups is 3. The summed E-state index contributed by atoms with van der Waals surface area (Å²) in [5.74, 6) is -1.54. The van der Waals surface area contributed by atoms with Gasteiger partial charge in [0.1, 0.15) is 12.3 Å². The van der Waals surface area contributed by atoms with Crippen LogP contribution in [0.4, 0.5) is 11.4 Å². The first-order valence-corrected chi connectivity index (χ1v) is 7.61. The fourth-order valence-corrected chi connectivity index (χ4v) is 2.58. The van der Waals surface area contributed by atoms with Gasteiger partial charge in [0.2, 0.25) is 5.91 Å². The number of rotatable bonds is 4. The molecule has 7 nitrogen and oxygen atoms in total. The number of carboxylic acid groups (broad SMARTS) is 1. The maximum absolute atomic E-state index is 12.3. The molecule has 128 valence electrons. The molecule has 0 saturated carbocycles. The van der Waals surface area contributed by atoms with Gasteiger partial charge in [-0.25, -0.2) is 4.79 Å². The molecule has 25 heavy (non-hydrogen) atoms. The highest BCUT2D eigenvalue weighted by Gasteiger charge is 2.28. The van der Waals surface area contributed by atoms with Crippen molar-refractivity contribution >= 4 is 29.2 Å². The van der Waals surface area contributed by atoms with Gasteiger partial charge in [-0.3, -0.25) is 14.5 Å². The number of hydrogen-bond acceptors (Lipinski definition) is 4. The van der Waals surface area contributed by atoms with Crippen LogP contribution < -0.4 is 15.0 Å². The third kappa shape index (κ3) is 3.60. The lowest BCUT2D eigenvalue weighted by Crippen LogP contribution is -2.43. The maximum Gasteiger partial charge on any atom is 0.335 e. The van der Waals surface area contributed by atoms with Crippen molar-refractivity contribution in [3.8, 4) is 5.75 Å². The molecule has 0 spiro atoms. The van der Waals surface area contributed by atoms with Crippen molar-refractivity contribution in [1.82, 2.24) is 0 Å². The normalized spacial score (nSPS) is 13.0. The number of anilines is 2. The van der Waals surface area contributed by atoms with Gasteiger partial charge in [-0.1, -0.05) is 12.1 Å². The van der Waals surface area contributed by atoms with Crippen molar-refractivity contribution in [2.24, 2.45) is 0 Å². The molecule has 0 atom stereocenters. The van der Waals surface area contributed by atoms with Crippen LogP contribution in [0.15, 0.2) is 42.5 Å². The molecule has 0 unspecified atom stereocenters. The summed E-state index contributed by atoms with van der Waals surface area (Å²) >= 11 is 0. The van der Waals surface area contributed by atoms with Gasteiger partial charge in [0.15, 0.2) is 6.61 Å². The highest BCUT2D eigenvalue weighted by atomic mass is 16.5. The molecule has 0 bridgehead atoms. The average molecular weight is 340 g/mol. The Morgan fingerprint density at radius 3 is 2.76 bits per heavy atom. The third-order valence-corrected chi connectivity index (χ3v) is 3.75.